The summed E-state index contributed by atoms with van der Waals surface area (Å²) in [6, 6.07) is 11.4. The molecule has 0 bridgehead atoms. The molecule has 0 aliphatic carbocycles. The lowest BCUT2D eigenvalue weighted by Crippen LogP contribution is -2.58. The third-order valence-corrected chi connectivity index (χ3v) is 6.93. The van der Waals surface area contributed by atoms with Gasteiger partial charge in [0, 0.05) is 36.4 Å². The van der Waals surface area contributed by atoms with E-state index in [0.717, 1.165) is 16.5 Å². The molecule has 3 aromatic rings. The zero-order valence-electron chi connectivity index (χ0n) is 23.5. The number of carboxylic acids is 2. The van der Waals surface area contributed by atoms with Crippen LogP contribution in [0.5, 0.6) is 0 Å². The van der Waals surface area contributed by atoms with Gasteiger partial charge in [0.1, 0.15) is 18.1 Å². The minimum absolute atomic E-state index is 0.0511. The van der Waals surface area contributed by atoms with Gasteiger partial charge in [-0.3, -0.25) is 19.2 Å². The Morgan fingerprint density at radius 3 is 2.02 bits per heavy atom. The predicted octanol–water partition coefficient (Wildman–Crippen LogP) is 1.34. The van der Waals surface area contributed by atoms with E-state index in [4.69, 9.17) is 5.73 Å². The van der Waals surface area contributed by atoms with Crippen molar-refractivity contribution in [2.75, 3.05) is 0 Å². The summed E-state index contributed by atoms with van der Waals surface area (Å²) in [5.74, 6) is -4.86. The quantitative estimate of drug-likeness (QED) is 0.140. The van der Waals surface area contributed by atoms with Crippen LogP contribution >= 0.6 is 0 Å². The average Bonchev–Trinajstić information content (AvgIpc) is 3.36. The average molecular weight is 580 g/mol. The van der Waals surface area contributed by atoms with E-state index in [9.17, 15) is 34.2 Å². The summed E-state index contributed by atoms with van der Waals surface area (Å²) >= 11 is 0. The number of carboxylic acid groups (broad SMARTS) is 2. The zero-order chi connectivity index (χ0) is 30.8. The van der Waals surface area contributed by atoms with Crippen molar-refractivity contribution in [3.63, 3.8) is 0 Å². The number of nitrogens with two attached hydrogens (primary N) is 1. The molecule has 12 nitrogen and oxygen atoms in total. The third kappa shape index (κ3) is 8.90. The number of aliphatic carboxylic acids is 2. The van der Waals surface area contributed by atoms with Crippen LogP contribution in [-0.2, 0) is 36.8 Å². The topological polar surface area (TPSA) is 204 Å². The van der Waals surface area contributed by atoms with Crippen molar-refractivity contribution in [3.05, 3.63) is 71.9 Å². The molecule has 0 saturated carbocycles. The molecule has 1 heterocycles. The maximum absolute atomic E-state index is 13.4. The van der Waals surface area contributed by atoms with Gasteiger partial charge < -0.3 is 36.9 Å². The highest BCUT2D eigenvalue weighted by Crippen LogP contribution is 2.19. The van der Waals surface area contributed by atoms with Gasteiger partial charge in [-0.1, -0.05) is 62.4 Å². The largest absolute Gasteiger partial charge is 0.481 e. The minimum Gasteiger partial charge on any atom is -0.481 e. The van der Waals surface area contributed by atoms with Crippen molar-refractivity contribution >= 4 is 40.6 Å². The van der Waals surface area contributed by atoms with E-state index < -0.39 is 60.2 Å². The number of hydrogen-bond acceptors (Lipinski definition) is 6. The second kappa shape index (κ2) is 14.8. The van der Waals surface area contributed by atoms with E-state index in [1.807, 2.05) is 24.3 Å². The van der Waals surface area contributed by atoms with Crippen LogP contribution in [0.4, 0.5) is 0 Å². The molecular weight excluding hydrogens is 542 g/mol. The summed E-state index contributed by atoms with van der Waals surface area (Å²) < 4.78 is 0. The first-order valence-corrected chi connectivity index (χ1v) is 13.7. The molecule has 0 aliphatic heterocycles. The van der Waals surface area contributed by atoms with Gasteiger partial charge in [0.05, 0.1) is 6.04 Å². The fraction of sp³-hybridized carbons (Fsp3) is 0.367. The Balaban J connectivity index is 1.80. The molecule has 3 rings (SSSR count). The lowest BCUT2D eigenvalue weighted by atomic mass is 10.0. The number of rotatable bonds is 15. The molecule has 224 valence electrons. The van der Waals surface area contributed by atoms with Gasteiger partial charge in [-0.25, -0.2) is 4.79 Å². The number of aromatic amines is 1. The molecule has 3 amide bonds. The SMILES string of the molecule is CC(C)C(N)C(=O)NC(Cc1ccccc1)C(=O)NC(CCC(=O)O)C(=O)NC(Cc1c[nH]c2ccccc12)C(=O)O. The Labute approximate surface area is 243 Å². The second-order valence-corrected chi connectivity index (χ2v) is 10.5. The van der Waals surface area contributed by atoms with Gasteiger partial charge in [-0.2, -0.15) is 0 Å². The highest BCUT2D eigenvalue weighted by Gasteiger charge is 2.31. The number of hydrogen-bond donors (Lipinski definition) is 7. The Morgan fingerprint density at radius 2 is 1.38 bits per heavy atom. The summed E-state index contributed by atoms with van der Waals surface area (Å²) in [5, 5.41) is 27.5. The fourth-order valence-corrected chi connectivity index (χ4v) is 4.43. The smallest absolute Gasteiger partial charge is 0.326 e. The van der Waals surface area contributed by atoms with E-state index in [1.54, 1.807) is 50.4 Å². The van der Waals surface area contributed by atoms with Gasteiger partial charge in [0.15, 0.2) is 0 Å². The first kappa shape index (κ1) is 31.8. The zero-order valence-corrected chi connectivity index (χ0v) is 23.5. The van der Waals surface area contributed by atoms with E-state index in [-0.39, 0.29) is 25.2 Å². The monoisotopic (exact) mass is 579 g/mol. The molecule has 8 N–H and O–H groups in total. The summed E-state index contributed by atoms with van der Waals surface area (Å²) in [7, 11) is 0. The van der Waals surface area contributed by atoms with E-state index in [2.05, 4.69) is 20.9 Å². The molecule has 12 heteroatoms. The lowest BCUT2D eigenvalue weighted by molar-refractivity contribution is -0.143. The molecule has 0 fully saturated rings. The summed E-state index contributed by atoms with van der Waals surface area (Å²) in [4.78, 5) is 66.0. The van der Waals surface area contributed by atoms with Crippen molar-refractivity contribution < 1.29 is 34.2 Å². The molecule has 4 unspecified atom stereocenters. The summed E-state index contributed by atoms with van der Waals surface area (Å²) in [5.41, 5.74) is 8.17. The molecule has 0 saturated heterocycles. The molecule has 0 radical (unpaired) electrons. The molecular formula is C30H37N5O7. The van der Waals surface area contributed by atoms with Crippen LogP contribution in [0.2, 0.25) is 0 Å². The third-order valence-electron chi connectivity index (χ3n) is 6.93. The van der Waals surface area contributed by atoms with Crippen molar-refractivity contribution in [2.45, 2.75) is 63.7 Å². The van der Waals surface area contributed by atoms with E-state index >= 15 is 0 Å². The lowest BCUT2D eigenvalue weighted by Gasteiger charge is -2.25. The molecule has 1 aromatic heterocycles. The summed E-state index contributed by atoms with van der Waals surface area (Å²) in [6.07, 6.45) is 0.921. The van der Waals surface area contributed by atoms with Gasteiger partial charge in [0.2, 0.25) is 17.7 Å². The Hall–Kier alpha value is -4.71. The number of H-pyrrole nitrogens is 1. The van der Waals surface area contributed by atoms with Crippen molar-refractivity contribution in [3.8, 4) is 0 Å². The number of fused-ring (bicyclic) bond motifs is 1. The predicted molar refractivity (Wildman–Crippen MR) is 155 cm³/mol. The number of benzene rings is 2. The highest BCUT2D eigenvalue weighted by atomic mass is 16.4. The number of carbonyl (C=O) groups is 5. The van der Waals surface area contributed by atoms with Crippen LogP contribution in [-0.4, -0.2) is 69.0 Å². The van der Waals surface area contributed by atoms with Gasteiger partial charge in [-0.05, 0) is 29.5 Å². The standard InChI is InChI=1S/C30H37N5O7/c1-17(2)26(31)29(40)34-23(14-18-8-4-3-5-9-18)28(39)33-22(12-13-25(36)37)27(38)35-24(30(41)42)15-19-16-32-21-11-7-6-10-20(19)21/h3-11,16-17,22-24,26,32H,12-15,31H2,1-2H3,(H,33,39)(H,34,40)(H,35,38)(H,36,37)(H,41,42). The highest BCUT2D eigenvalue weighted by molar-refractivity contribution is 5.94. The summed E-state index contributed by atoms with van der Waals surface area (Å²) in [6.45, 7) is 3.52. The number of para-hydroxylation sites is 1. The Bertz CT molecular complexity index is 1410. The van der Waals surface area contributed by atoms with Crippen LogP contribution in [0, 0.1) is 5.92 Å². The Morgan fingerprint density at radius 1 is 0.786 bits per heavy atom. The molecule has 2 aromatic carbocycles. The number of carbonyl (C=O) groups excluding carboxylic acids is 3. The van der Waals surface area contributed by atoms with Crippen LogP contribution in [0.1, 0.15) is 37.8 Å². The molecule has 4 atom stereocenters. The maximum Gasteiger partial charge on any atom is 0.326 e. The number of nitrogens with one attached hydrogen (secondary N) is 4. The molecule has 42 heavy (non-hydrogen) atoms. The first-order chi connectivity index (χ1) is 20.0. The number of aromatic nitrogens is 1. The normalized spacial score (nSPS) is 14.0. The van der Waals surface area contributed by atoms with Crippen molar-refractivity contribution in [1.82, 2.24) is 20.9 Å². The fourth-order valence-electron chi connectivity index (χ4n) is 4.43. The maximum atomic E-state index is 13.4. The van der Waals surface area contributed by atoms with Crippen LogP contribution < -0.4 is 21.7 Å². The molecule has 0 aliphatic rings. The second-order valence-electron chi connectivity index (χ2n) is 10.5. The minimum atomic E-state index is -1.38. The van der Waals surface area contributed by atoms with Gasteiger partial charge in [0.25, 0.3) is 0 Å². The van der Waals surface area contributed by atoms with Gasteiger partial charge in [-0.15, -0.1) is 0 Å². The van der Waals surface area contributed by atoms with Crippen molar-refractivity contribution in [1.29, 1.82) is 0 Å². The number of amides is 3. The van der Waals surface area contributed by atoms with Crippen LogP contribution in [0.25, 0.3) is 10.9 Å². The molecule has 0 spiro atoms. The Kier molecular flexibility index (Phi) is 11.2. The van der Waals surface area contributed by atoms with E-state index in [1.165, 1.54) is 0 Å². The van der Waals surface area contributed by atoms with Crippen LogP contribution in [0.3, 0.4) is 0 Å². The first-order valence-electron chi connectivity index (χ1n) is 13.7. The van der Waals surface area contributed by atoms with Crippen molar-refractivity contribution in [2.24, 2.45) is 11.7 Å². The van der Waals surface area contributed by atoms with Crippen LogP contribution in [0.15, 0.2) is 60.8 Å². The van der Waals surface area contributed by atoms with Gasteiger partial charge >= 0.3 is 11.9 Å². The van der Waals surface area contributed by atoms with E-state index in [0.29, 0.717) is 5.56 Å².